The molecule has 0 aliphatic carbocycles. The van der Waals surface area contributed by atoms with E-state index in [9.17, 15) is 18.7 Å². The fourth-order valence-corrected chi connectivity index (χ4v) is 3.26. The molecule has 1 aromatic heterocycles. The minimum Gasteiger partial charge on any atom is -0.507 e. The number of aryl methyl sites for hydroxylation is 1. The van der Waals surface area contributed by atoms with E-state index in [1.807, 2.05) is 13.0 Å². The van der Waals surface area contributed by atoms with Crippen LogP contribution in [0.1, 0.15) is 35.7 Å². The Bertz CT molecular complexity index is 1010. The topological polar surface area (TPSA) is 73.3 Å². The Hall–Kier alpha value is -3.15. The summed E-state index contributed by atoms with van der Waals surface area (Å²) in [4.78, 5) is 13.7. The number of fused-ring (bicyclic) bond motifs is 1. The number of aromatic nitrogens is 1. The summed E-state index contributed by atoms with van der Waals surface area (Å²) >= 11 is 0. The lowest BCUT2D eigenvalue weighted by molar-refractivity contribution is -0.131. The summed E-state index contributed by atoms with van der Waals surface area (Å²) in [5.41, 5.74) is 2.25. The zero-order valence-electron chi connectivity index (χ0n) is 14.7. The maximum atomic E-state index is 14.5. The quantitative estimate of drug-likeness (QED) is 0.545. The third-order valence-electron chi connectivity index (χ3n) is 4.43. The number of carbonyl (C=O) groups is 1. The number of nitrogens with one attached hydrogen (secondary N) is 1. The molecule has 0 fully saturated rings. The van der Waals surface area contributed by atoms with E-state index < -0.39 is 17.6 Å². The molecule has 0 unspecified atom stereocenters. The van der Waals surface area contributed by atoms with Gasteiger partial charge in [-0.15, -0.1) is 0 Å². The predicted octanol–water partition coefficient (Wildman–Crippen LogP) is 4.79. The molecule has 6 heteroatoms. The monoisotopic (exact) mass is 371 g/mol. The third-order valence-corrected chi connectivity index (χ3v) is 4.43. The van der Waals surface area contributed by atoms with Crippen molar-refractivity contribution in [1.82, 2.24) is 4.98 Å². The van der Waals surface area contributed by atoms with E-state index >= 15 is 0 Å². The molecule has 0 spiro atoms. The van der Waals surface area contributed by atoms with Crippen molar-refractivity contribution in [2.24, 2.45) is 0 Å². The van der Waals surface area contributed by atoms with Gasteiger partial charge in [0.2, 0.25) is 0 Å². The normalized spacial score (nSPS) is 11.5. The molecule has 0 amide bonds. The highest BCUT2D eigenvalue weighted by Crippen LogP contribution is 2.33. The number of phenols is 1. The van der Waals surface area contributed by atoms with Crippen molar-refractivity contribution in [2.75, 3.05) is 0 Å². The number of rotatable bonds is 6. The van der Waals surface area contributed by atoms with E-state index in [1.54, 1.807) is 12.1 Å². The Kier molecular flexibility index (Phi) is 5.26. The van der Waals surface area contributed by atoms with Gasteiger partial charge in [-0.2, -0.15) is 0 Å². The van der Waals surface area contributed by atoms with Gasteiger partial charge in [-0.05, 0) is 47.9 Å². The fraction of sp³-hybridized carbons (Fsp3) is 0.190. The van der Waals surface area contributed by atoms with Gasteiger partial charge in [-0.3, -0.25) is 0 Å². The summed E-state index contributed by atoms with van der Waals surface area (Å²) in [6.45, 7) is 1.99. The van der Waals surface area contributed by atoms with Gasteiger partial charge in [0.25, 0.3) is 0 Å². The standard InChI is InChI=1S/C21H19F2NO3/c1-2-4-13-18(24-17-5-3-6-19(25)21(13)17)11-14-15(22)9-12(10-16(14)23)7-8-20(26)27/h3,5-10,24-25H,2,4,11H2,1H3,(H,26,27)/b8-7+. The predicted molar refractivity (Wildman–Crippen MR) is 99.8 cm³/mol. The molecular formula is C21H19F2NO3. The van der Waals surface area contributed by atoms with Crippen molar-refractivity contribution in [3.8, 4) is 5.75 Å². The lowest BCUT2D eigenvalue weighted by atomic mass is 9.99. The maximum Gasteiger partial charge on any atom is 0.328 e. The lowest BCUT2D eigenvalue weighted by Gasteiger charge is -2.08. The number of carboxylic acids is 1. The van der Waals surface area contributed by atoms with Crippen molar-refractivity contribution < 1.29 is 23.8 Å². The number of phenolic OH excluding ortho intramolecular Hbond substituents is 1. The van der Waals surface area contributed by atoms with Gasteiger partial charge < -0.3 is 15.2 Å². The first-order chi connectivity index (χ1) is 12.9. The second-order valence-electron chi connectivity index (χ2n) is 6.34. The first kappa shape index (κ1) is 18.6. The van der Waals surface area contributed by atoms with Crippen LogP contribution in [0.3, 0.4) is 0 Å². The first-order valence-corrected chi connectivity index (χ1v) is 8.61. The number of hydrogen-bond donors (Lipinski definition) is 3. The zero-order valence-corrected chi connectivity index (χ0v) is 14.7. The summed E-state index contributed by atoms with van der Waals surface area (Å²) in [6.07, 6.45) is 3.45. The largest absolute Gasteiger partial charge is 0.507 e. The van der Waals surface area contributed by atoms with Gasteiger partial charge in [0.15, 0.2) is 0 Å². The van der Waals surface area contributed by atoms with E-state index in [4.69, 9.17) is 5.11 Å². The number of aliphatic carboxylic acids is 1. The number of aromatic hydroxyl groups is 1. The van der Waals surface area contributed by atoms with Gasteiger partial charge in [-0.1, -0.05) is 19.4 Å². The summed E-state index contributed by atoms with van der Waals surface area (Å²) < 4.78 is 29.0. The van der Waals surface area contributed by atoms with Crippen molar-refractivity contribution >= 4 is 22.9 Å². The highest BCUT2D eigenvalue weighted by atomic mass is 19.1. The zero-order chi connectivity index (χ0) is 19.6. The Morgan fingerprint density at radius 3 is 2.52 bits per heavy atom. The van der Waals surface area contributed by atoms with E-state index in [1.165, 1.54) is 0 Å². The summed E-state index contributed by atoms with van der Waals surface area (Å²) in [7, 11) is 0. The van der Waals surface area contributed by atoms with E-state index in [2.05, 4.69) is 4.98 Å². The van der Waals surface area contributed by atoms with Crippen LogP contribution in [0.4, 0.5) is 8.78 Å². The van der Waals surface area contributed by atoms with Crippen LogP contribution in [-0.4, -0.2) is 21.2 Å². The average Bonchev–Trinajstić information content (AvgIpc) is 2.95. The molecule has 0 bridgehead atoms. The van der Waals surface area contributed by atoms with Crippen molar-refractivity contribution in [1.29, 1.82) is 0 Å². The summed E-state index contributed by atoms with van der Waals surface area (Å²) in [5, 5.41) is 19.5. The van der Waals surface area contributed by atoms with Crippen LogP contribution in [0, 0.1) is 11.6 Å². The number of aromatic amines is 1. The number of hydrogen-bond acceptors (Lipinski definition) is 2. The van der Waals surface area contributed by atoms with Crippen LogP contribution in [0.25, 0.3) is 17.0 Å². The number of H-pyrrole nitrogens is 1. The van der Waals surface area contributed by atoms with Crippen LogP contribution in [0.15, 0.2) is 36.4 Å². The molecular weight excluding hydrogens is 352 g/mol. The van der Waals surface area contributed by atoms with Crippen molar-refractivity contribution in [3.05, 3.63) is 70.4 Å². The van der Waals surface area contributed by atoms with Gasteiger partial charge in [-0.25, -0.2) is 13.6 Å². The van der Waals surface area contributed by atoms with Gasteiger partial charge in [0.05, 0.1) is 0 Å². The molecule has 3 rings (SSSR count). The molecule has 0 saturated heterocycles. The maximum absolute atomic E-state index is 14.5. The first-order valence-electron chi connectivity index (χ1n) is 8.61. The van der Waals surface area contributed by atoms with Gasteiger partial charge in [0, 0.05) is 34.7 Å². The third kappa shape index (κ3) is 3.84. The lowest BCUT2D eigenvalue weighted by Crippen LogP contribution is -2.01. The molecule has 0 atom stereocenters. The van der Waals surface area contributed by atoms with Crippen LogP contribution in [-0.2, 0) is 17.6 Å². The molecule has 3 aromatic rings. The van der Waals surface area contributed by atoms with E-state index in [0.29, 0.717) is 17.5 Å². The Balaban J connectivity index is 2.04. The SMILES string of the molecule is CCCc1c(Cc2c(F)cc(/C=C/C(=O)O)cc2F)[nH]c2cccc(O)c12. The molecule has 140 valence electrons. The molecule has 0 radical (unpaired) electrons. The second kappa shape index (κ2) is 7.61. The Morgan fingerprint density at radius 1 is 1.19 bits per heavy atom. The number of carboxylic acid groups (broad SMARTS) is 1. The average molecular weight is 371 g/mol. The van der Waals surface area contributed by atoms with Crippen LogP contribution in [0.5, 0.6) is 5.75 Å². The number of benzene rings is 2. The molecule has 0 aliphatic heterocycles. The van der Waals surface area contributed by atoms with E-state index in [0.717, 1.165) is 41.8 Å². The van der Waals surface area contributed by atoms with E-state index in [-0.39, 0.29) is 23.3 Å². The number of halogens is 2. The second-order valence-corrected chi connectivity index (χ2v) is 6.34. The molecule has 2 aromatic carbocycles. The highest BCUT2D eigenvalue weighted by Gasteiger charge is 2.18. The molecule has 4 nitrogen and oxygen atoms in total. The summed E-state index contributed by atoms with van der Waals surface area (Å²) in [6, 6.07) is 7.32. The van der Waals surface area contributed by atoms with Crippen molar-refractivity contribution in [2.45, 2.75) is 26.2 Å². The van der Waals surface area contributed by atoms with Gasteiger partial charge in [0.1, 0.15) is 17.4 Å². The summed E-state index contributed by atoms with van der Waals surface area (Å²) in [5.74, 6) is -2.55. The molecule has 0 saturated carbocycles. The molecule has 0 aliphatic rings. The molecule has 1 heterocycles. The molecule has 3 N–H and O–H groups in total. The van der Waals surface area contributed by atoms with Crippen molar-refractivity contribution in [3.63, 3.8) is 0 Å². The van der Waals surface area contributed by atoms with Gasteiger partial charge >= 0.3 is 5.97 Å². The minimum absolute atomic E-state index is 0.00401. The van der Waals surface area contributed by atoms with Crippen LogP contribution in [0.2, 0.25) is 0 Å². The fourth-order valence-electron chi connectivity index (χ4n) is 3.26. The molecule has 27 heavy (non-hydrogen) atoms. The minimum atomic E-state index is -1.19. The van der Waals surface area contributed by atoms with Crippen LogP contribution >= 0.6 is 0 Å². The Labute approximate surface area is 154 Å². The van der Waals surface area contributed by atoms with Crippen LogP contribution < -0.4 is 0 Å². The smallest absolute Gasteiger partial charge is 0.328 e. The highest BCUT2D eigenvalue weighted by molar-refractivity contribution is 5.90. The Morgan fingerprint density at radius 2 is 1.89 bits per heavy atom.